The number of rotatable bonds is 4. The standard InChI is InChI=1S/C12H17BrN2O2S/c1-9(8-15-4-6-17-7-5-15)14-12(16)10-2-3-11(13)18-10/h2-3,9H,4-8H2,1H3,(H,14,16). The Morgan fingerprint density at radius 1 is 1.56 bits per heavy atom. The van der Waals surface area contributed by atoms with Gasteiger partial charge in [0.15, 0.2) is 0 Å². The molecule has 0 radical (unpaired) electrons. The maximum Gasteiger partial charge on any atom is 0.261 e. The number of ether oxygens (including phenoxy) is 1. The first-order valence-electron chi connectivity index (χ1n) is 6.01. The van der Waals surface area contributed by atoms with Gasteiger partial charge in [0.05, 0.1) is 21.9 Å². The highest BCUT2D eigenvalue weighted by atomic mass is 79.9. The van der Waals surface area contributed by atoms with Crippen LogP contribution in [-0.2, 0) is 4.74 Å². The van der Waals surface area contributed by atoms with Crippen LogP contribution in [0.25, 0.3) is 0 Å². The monoisotopic (exact) mass is 332 g/mol. The molecule has 1 N–H and O–H groups in total. The maximum atomic E-state index is 11.9. The van der Waals surface area contributed by atoms with Crippen molar-refractivity contribution in [3.05, 3.63) is 20.8 Å². The highest BCUT2D eigenvalue weighted by Crippen LogP contribution is 2.21. The molecule has 1 saturated heterocycles. The fourth-order valence-corrected chi connectivity index (χ4v) is 3.24. The lowest BCUT2D eigenvalue weighted by atomic mass is 10.2. The van der Waals surface area contributed by atoms with E-state index in [9.17, 15) is 4.79 Å². The van der Waals surface area contributed by atoms with Crippen LogP contribution in [0, 0.1) is 0 Å². The predicted octanol–water partition coefficient (Wildman–Crippen LogP) is 1.96. The number of halogens is 1. The van der Waals surface area contributed by atoms with Crippen molar-refractivity contribution in [3.63, 3.8) is 0 Å². The number of carbonyl (C=O) groups is 1. The first kappa shape index (κ1) is 14.0. The molecule has 2 heterocycles. The number of amides is 1. The van der Waals surface area contributed by atoms with Crippen molar-refractivity contribution in [2.24, 2.45) is 0 Å². The third-order valence-electron chi connectivity index (χ3n) is 2.81. The number of hydrogen-bond donors (Lipinski definition) is 1. The van der Waals surface area contributed by atoms with E-state index in [-0.39, 0.29) is 11.9 Å². The van der Waals surface area contributed by atoms with Crippen LogP contribution in [0.4, 0.5) is 0 Å². The molecule has 1 fully saturated rings. The second kappa shape index (κ2) is 6.65. The van der Waals surface area contributed by atoms with E-state index in [1.54, 1.807) is 0 Å². The Kier molecular flexibility index (Phi) is 5.17. The lowest BCUT2D eigenvalue weighted by molar-refractivity contribution is 0.0342. The molecule has 100 valence electrons. The number of morpholine rings is 1. The molecule has 0 aliphatic carbocycles. The highest BCUT2D eigenvalue weighted by molar-refractivity contribution is 9.11. The average molecular weight is 333 g/mol. The molecule has 0 spiro atoms. The van der Waals surface area contributed by atoms with Crippen LogP contribution >= 0.6 is 27.3 Å². The topological polar surface area (TPSA) is 41.6 Å². The van der Waals surface area contributed by atoms with Gasteiger partial charge >= 0.3 is 0 Å². The number of thiophene rings is 1. The number of nitrogens with zero attached hydrogens (tertiary/aromatic N) is 1. The van der Waals surface area contributed by atoms with Crippen molar-refractivity contribution in [2.45, 2.75) is 13.0 Å². The second-order valence-electron chi connectivity index (χ2n) is 4.39. The fourth-order valence-electron chi connectivity index (χ4n) is 1.95. The Morgan fingerprint density at radius 3 is 2.89 bits per heavy atom. The molecule has 6 heteroatoms. The van der Waals surface area contributed by atoms with Crippen molar-refractivity contribution in [1.82, 2.24) is 10.2 Å². The van der Waals surface area contributed by atoms with Crippen molar-refractivity contribution in [2.75, 3.05) is 32.8 Å². The van der Waals surface area contributed by atoms with Gasteiger partial charge in [0.1, 0.15) is 0 Å². The van der Waals surface area contributed by atoms with Crippen molar-refractivity contribution in [3.8, 4) is 0 Å². The number of nitrogens with one attached hydrogen (secondary N) is 1. The van der Waals surface area contributed by atoms with Crippen molar-refractivity contribution >= 4 is 33.2 Å². The van der Waals surface area contributed by atoms with Crippen molar-refractivity contribution < 1.29 is 9.53 Å². The molecule has 18 heavy (non-hydrogen) atoms. The van der Waals surface area contributed by atoms with Crippen molar-refractivity contribution in [1.29, 1.82) is 0 Å². The average Bonchev–Trinajstić information content (AvgIpc) is 2.77. The summed E-state index contributed by atoms with van der Waals surface area (Å²) in [5.41, 5.74) is 0. The highest BCUT2D eigenvalue weighted by Gasteiger charge is 2.16. The number of hydrogen-bond acceptors (Lipinski definition) is 4. The van der Waals surface area contributed by atoms with E-state index >= 15 is 0 Å². The van der Waals surface area contributed by atoms with Crippen LogP contribution in [0.2, 0.25) is 0 Å². The molecule has 0 saturated carbocycles. The van der Waals surface area contributed by atoms with E-state index < -0.39 is 0 Å². The van der Waals surface area contributed by atoms with Crippen LogP contribution in [0.15, 0.2) is 15.9 Å². The van der Waals surface area contributed by atoms with E-state index in [2.05, 4.69) is 26.1 Å². The zero-order chi connectivity index (χ0) is 13.0. The Balaban J connectivity index is 1.79. The Hall–Kier alpha value is -0.430. The maximum absolute atomic E-state index is 11.9. The Bertz CT molecular complexity index is 405. The molecule has 1 aromatic rings. The fraction of sp³-hybridized carbons (Fsp3) is 0.583. The lowest BCUT2D eigenvalue weighted by Crippen LogP contribution is -2.45. The largest absolute Gasteiger partial charge is 0.379 e. The summed E-state index contributed by atoms with van der Waals surface area (Å²) in [7, 11) is 0. The molecule has 1 aromatic heterocycles. The number of carbonyl (C=O) groups excluding carboxylic acids is 1. The van der Waals surface area contributed by atoms with Crippen LogP contribution in [0.3, 0.4) is 0 Å². The van der Waals surface area contributed by atoms with Gasteiger partial charge in [-0.25, -0.2) is 0 Å². The first-order valence-corrected chi connectivity index (χ1v) is 7.62. The minimum Gasteiger partial charge on any atom is -0.379 e. The molecular weight excluding hydrogens is 316 g/mol. The molecule has 2 rings (SSSR count). The summed E-state index contributed by atoms with van der Waals surface area (Å²) < 4.78 is 6.28. The lowest BCUT2D eigenvalue weighted by Gasteiger charge is -2.29. The van der Waals surface area contributed by atoms with E-state index in [1.165, 1.54) is 11.3 Å². The minimum atomic E-state index is 0.00598. The molecule has 1 unspecified atom stereocenters. The molecule has 1 atom stereocenters. The van der Waals surface area contributed by atoms with Crippen LogP contribution in [-0.4, -0.2) is 49.7 Å². The van der Waals surface area contributed by atoms with Gasteiger partial charge in [0.25, 0.3) is 5.91 Å². The van der Waals surface area contributed by atoms with Gasteiger partial charge in [-0.15, -0.1) is 11.3 Å². The minimum absolute atomic E-state index is 0.00598. The van der Waals surface area contributed by atoms with Gasteiger partial charge in [-0.2, -0.15) is 0 Å². The Labute approximate surface area is 119 Å². The van der Waals surface area contributed by atoms with Crippen LogP contribution < -0.4 is 5.32 Å². The van der Waals surface area contributed by atoms with E-state index in [4.69, 9.17) is 4.74 Å². The molecular formula is C12H17BrN2O2S. The second-order valence-corrected chi connectivity index (χ2v) is 6.85. The molecule has 0 aromatic carbocycles. The van der Waals surface area contributed by atoms with Gasteiger partial charge in [0.2, 0.25) is 0 Å². The summed E-state index contributed by atoms with van der Waals surface area (Å²) in [6, 6.07) is 3.88. The smallest absolute Gasteiger partial charge is 0.261 e. The Morgan fingerprint density at radius 2 is 2.28 bits per heavy atom. The van der Waals surface area contributed by atoms with E-state index in [0.29, 0.717) is 0 Å². The molecule has 1 aliphatic rings. The van der Waals surface area contributed by atoms with Crippen LogP contribution in [0.5, 0.6) is 0 Å². The van der Waals surface area contributed by atoms with Crippen LogP contribution in [0.1, 0.15) is 16.6 Å². The summed E-state index contributed by atoms with van der Waals surface area (Å²) in [5, 5.41) is 3.02. The van der Waals surface area contributed by atoms with Gasteiger partial charge in [0, 0.05) is 25.7 Å². The van der Waals surface area contributed by atoms with E-state index in [1.807, 2.05) is 19.1 Å². The summed E-state index contributed by atoms with van der Waals surface area (Å²) in [6.07, 6.45) is 0. The quantitative estimate of drug-likeness (QED) is 0.916. The zero-order valence-electron chi connectivity index (χ0n) is 10.3. The normalized spacial score (nSPS) is 18.6. The zero-order valence-corrected chi connectivity index (χ0v) is 12.7. The first-order chi connectivity index (χ1) is 8.65. The summed E-state index contributed by atoms with van der Waals surface area (Å²) in [6.45, 7) is 6.39. The van der Waals surface area contributed by atoms with Gasteiger partial charge in [-0.05, 0) is 35.0 Å². The van der Waals surface area contributed by atoms with Gasteiger partial charge in [-0.1, -0.05) is 0 Å². The van der Waals surface area contributed by atoms with E-state index in [0.717, 1.165) is 41.5 Å². The predicted molar refractivity (Wildman–Crippen MR) is 76.2 cm³/mol. The molecule has 0 bridgehead atoms. The van der Waals surface area contributed by atoms with Gasteiger partial charge in [-0.3, -0.25) is 9.69 Å². The summed E-state index contributed by atoms with van der Waals surface area (Å²) >= 11 is 4.82. The van der Waals surface area contributed by atoms with Gasteiger partial charge < -0.3 is 10.1 Å². The summed E-state index contributed by atoms with van der Waals surface area (Å²) in [4.78, 5) is 15.0. The summed E-state index contributed by atoms with van der Waals surface area (Å²) in [5.74, 6) is 0.00598. The third kappa shape index (κ3) is 4.05. The third-order valence-corrected chi connectivity index (χ3v) is 4.43. The molecule has 4 nitrogen and oxygen atoms in total. The molecule has 1 aliphatic heterocycles. The SMILES string of the molecule is CC(CN1CCOCC1)NC(=O)c1ccc(Br)s1. The molecule has 1 amide bonds.